The van der Waals surface area contributed by atoms with Crippen LogP contribution in [0.4, 0.5) is 0 Å². The van der Waals surface area contributed by atoms with E-state index in [1.807, 2.05) is 32.0 Å². The molecular formula is C14H14Cl2N2S. The fourth-order valence-electron chi connectivity index (χ4n) is 1.66. The molecule has 0 N–H and O–H groups in total. The number of nitrogens with zero attached hydrogens (tertiary/aromatic N) is 2. The van der Waals surface area contributed by atoms with Crippen LogP contribution in [0.1, 0.15) is 31.2 Å². The molecule has 100 valence electrons. The molecule has 0 aliphatic rings. The number of hydrogen-bond donors (Lipinski definition) is 0. The van der Waals surface area contributed by atoms with Gasteiger partial charge in [-0.3, -0.25) is 0 Å². The molecule has 1 heterocycles. The van der Waals surface area contributed by atoms with Gasteiger partial charge in [0.2, 0.25) is 0 Å². The molecule has 19 heavy (non-hydrogen) atoms. The highest BCUT2D eigenvalue weighted by molar-refractivity contribution is 7.98. The molecule has 0 radical (unpaired) electrons. The molecule has 0 atom stereocenters. The number of benzene rings is 1. The summed E-state index contributed by atoms with van der Waals surface area (Å²) in [6.45, 7) is 4.05. The van der Waals surface area contributed by atoms with E-state index < -0.39 is 0 Å². The fourth-order valence-corrected chi connectivity index (χ4v) is 3.30. The third-order valence-electron chi connectivity index (χ3n) is 2.59. The summed E-state index contributed by atoms with van der Waals surface area (Å²) in [6.07, 6.45) is 0. The Bertz CT molecular complexity index is 536. The van der Waals surface area contributed by atoms with Crippen LogP contribution >= 0.6 is 35.0 Å². The summed E-state index contributed by atoms with van der Waals surface area (Å²) in [5, 5.41) is 0.914. The second-order valence-corrected chi connectivity index (χ2v) is 6.16. The van der Waals surface area contributed by atoms with Gasteiger partial charge in [0.15, 0.2) is 0 Å². The van der Waals surface area contributed by atoms with Gasteiger partial charge in [-0.2, -0.15) is 0 Å². The molecular weight excluding hydrogens is 299 g/mol. The maximum Gasteiger partial charge on any atom is 0.142 e. The Morgan fingerprint density at radius 3 is 2.16 bits per heavy atom. The van der Waals surface area contributed by atoms with Crippen LogP contribution in [0.15, 0.2) is 35.2 Å². The third kappa shape index (κ3) is 3.85. The van der Waals surface area contributed by atoms with Crippen LogP contribution in [0.3, 0.4) is 0 Å². The molecule has 2 rings (SSSR count). The van der Waals surface area contributed by atoms with E-state index in [0.717, 1.165) is 5.56 Å². The van der Waals surface area contributed by atoms with Gasteiger partial charge in [-0.15, -0.1) is 11.8 Å². The number of hydrogen-bond acceptors (Lipinski definition) is 3. The lowest BCUT2D eigenvalue weighted by atomic mass is 10.1. The monoisotopic (exact) mass is 312 g/mol. The highest BCUT2D eigenvalue weighted by Crippen LogP contribution is 2.30. The van der Waals surface area contributed by atoms with Crippen molar-refractivity contribution in [3.8, 4) is 0 Å². The molecule has 0 unspecified atom stereocenters. The van der Waals surface area contributed by atoms with Gasteiger partial charge < -0.3 is 0 Å². The molecule has 2 aromatic rings. The number of thioether (sulfide) groups is 1. The highest BCUT2D eigenvalue weighted by atomic mass is 35.5. The van der Waals surface area contributed by atoms with Crippen molar-refractivity contribution >= 4 is 35.0 Å². The molecule has 0 saturated carbocycles. The largest absolute Gasteiger partial charge is 0.220 e. The summed E-state index contributed by atoms with van der Waals surface area (Å²) >= 11 is 14.0. The van der Waals surface area contributed by atoms with Crippen molar-refractivity contribution in [2.24, 2.45) is 0 Å². The van der Waals surface area contributed by atoms with Gasteiger partial charge in [-0.05, 0) is 18.1 Å². The van der Waals surface area contributed by atoms with E-state index in [-0.39, 0.29) is 5.92 Å². The smallest absolute Gasteiger partial charge is 0.142 e. The molecule has 1 aromatic carbocycles. The van der Waals surface area contributed by atoms with Gasteiger partial charge in [-0.25, -0.2) is 9.97 Å². The van der Waals surface area contributed by atoms with Gasteiger partial charge in [0.1, 0.15) is 16.1 Å². The summed E-state index contributed by atoms with van der Waals surface area (Å²) in [7, 11) is 0. The van der Waals surface area contributed by atoms with Crippen molar-refractivity contribution < 1.29 is 0 Å². The Morgan fingerprint density at radius 1 is 1.05 bits per heavy atom. The molecule has 0 amide bonds. The Balaban J connectivity index is 2.14. The SMILES string of the molecule is CC(C)c1c(Cl)nc(CSc2ccccc2)nc1Cl. The second kappa shape index (κ2) is 6.60. The molecule has 0 fully saturated rings. The van der Waals surface area contributed by atoms with Crippen molar-refractivity contribution in [2.45, 2.75) is 30.4 Å². The van der Waals surface area contributed by atoms with Gasteiger partial charge in [-0.1, -0.05) is 55.2 Å². The zero-order valence-electron chi connectivity index (χ0n) is 10.7. The predicted octanol–water partition coefficient (Wildman–Crippen LogP) is 5.20. The average molecular weight is 313 g/mol. The Morgan fingerprint density at radius 2 is 1.63 bits per heavy atom. The van der Waals surface area contributed by atoms with Crippen molar-refractivity contribution in [3.05, 3.63) is 52.0 Å². The maximum atomic E-state index is 6.17. The van der Waals surface area contributed by atoms with E-state index in [0.29, 0.717) is 21.9 Å². The molecule has 0 spiro atoms. The number of rotatable bonds is 4. The minimum atomic E-state index is 0.218. The lowest BCUT2D eigenvalue weighted by molar-refractivity contribution is 0.837. The first-order valence-corrected chi connectivity index (χ1v) is 7.71. The molecule has 0 saturated heterocycles. The van der Waals surface area contributed by atoms with Crippen LogP contribution in [0, 0.1) is 0 Å². The summed E-state index contributed by atoms with van der Waals surface area (Å²) < 4.78 is 0. The number of aromatic nitrogens is 2. The van der Waals surface area contributed by atoms with Gasteiger partial charge in [0.25, 0.3) is 0 Å². The molecule has 2 nitrogen and oxygen atoms in total. The van der Waals surface area contributed by atoms with Gasteiger partial charge in [0.05, 0.1) is 5.75 Å². The Kier molecular flexibility index (Phi) is 5.08. The summed E-state index contributed by atoms with van der Waals surface area (Å²) in [5.74, 6) is 1.53. The van der Waals surface area contributed by atoms with Crippen molar-refractivity contribution in [3.63, 3.8) is 0 Å². The lowest BCUT2D eigenvalue weighted by Crippen LogP contribution is -2.01. The van der Waals surface area contributed by atoms with Crippen molar-refractivity contribution in [1.29, 1.82) is 0 Å². The first-order chi connectivity index (χ1) is 9.08. The van der Waals surface area contributed by atoms with Gasteiger partial charge in [0, 0.05) is 10.5 Å². The zero-order valence-corrected chi connectivity index (χ0v) is 13.1. The quantitative estimate of drug-likeness (QED) is 0.573. The Labute approximate surface area is 127 Å². The van der Waals surface area contributed by atoms with E-state index in [2.05, 4.69) is 22.1 Å². The molecule has 0 bridgehead atoms. The van der Waals surface area contributed by atoms with Crippen LogP contribution in [-0.4, -0.2) is 9.97 Å². The maximum absolute atomic E-state index is 6.17. The molecule has 1 aromatic heterocycles. The first kappa shape index (κ1) is 14.6. The minimum absolute atomic E-state index is 0.218. The summed E-state index contributed by atoms with van der Waals surface area (Å²) in [4.78, 5) is 9.81. The summed E-state index contributed by atoms with van der Waals surface area (Å²) in [5.41, 5.74) is 0.816. The van der Waals surface area contributed by atoms with E-state index in [1.54, 1.807) is 11.8 Å². The van der Waals surface area contributed by atoms with Crippen LogP contribution in [0.2, 0.25) is 10.3 Å². The average Bonchev–Trinajstić information content (AvgIpc) is 2.36. The highest BCUT2D eigenvalue weighted by Gasteiger charge is 2.14. The lowest BCUT2D eigenvalue weighted by Gasteiger charge is -2.10. The van der Waals surface area contributed by atoms with Crippen LogP contribution in [0.5, 0.6) is 0 Å². The molecule has 0 aliphatic heterocycles. The molecule has 0 aliphatic carbocycles. The number of halogens is 2. The predicted molar refractivity (Wildman–Crippen MR) is 82.1 cm³/mol. The Hall–Kier alpha value is -0.770. The van der Waals surface area contributed by atoms with E-state index in [4.69, 9.17) is 23.2 Å². The standard InChI is InChI=1S/C14H14Cl2N2S/c1-9(2)12-13(15)17-11(18-14(12)16)8-19-10-6-4-3-5-7-10/h3-7,9H,8H2,1-2H3. The van der Waals surface area contributed by atoms with E-state index in [9.17, 15) is 0 Å². The molecule has 5 heteroatoms. The van der Waals surface area contributed by atoms with Gasteiger partial charge >= 0.3 is 0 Å². The third-order valence-corrected chi connectivity index (χ3v) is 4.17. The zero-order chi connectivity index (χ0) is 13.8. The van der Waals surface area contributed by atoms with E-state index in [1.165, 1.54) is 4.90 Å². The second-order valence-electron chi connectivity index (χ2n) is 4.39. The van der Waals surface area contributed by atoms with Crippen LogP contribution in [-0.2, 0) is 5.75 Å². The first-order valence-electron chi connectivity index (χ1n) is 5.97. The van der Waals surface area contributed by atoms with Crippen molar-refractivity contribution in [1.82, 2.24) is 9.97 Å². The van der Waals surface area contributed by atoms with Crippen LogP contribution < -0.4 is 0 Å². The fraction of sp³-hybridized carbons (Fsp3) is 0.286. The normalized spacial score (nSPS) is 11.0. The van der Waals surface area contributed by atoms with E-state index >= 15 is 0 Å². The topological polar surface area (TPSA) is 25.8 Å². The summed E-state index contributed by atoms with van der Waals surface area (Å²) in [6, 6.07) is 10.1. The van der Waals surface area contributed by atoms with Crippen LogP contribution in [0.25, 0.3) is 0 Å². The van der Waals surface area contributed by atoms with Crippen molar-refractivity contribution in [2.75, 3.05) is 0 Å². The minimum Gasteiger partial charge on any atom is -0.220 e.